The van der Waals surface area contributed by atoms with E-state index in [1.165, 1.54) is 5.56 Å². The molecule has 18 heavy (non-hydrogen) atoms. The Bertz CT molecular complexity index is 428. The quantitative estimate of drug-likeness (QED) is 0.620. The van der Waals surface area contributed by atoms with Gasteiger partial charge in [-0.25, -0.2) is 4.98 Å². The summed E-state index contributed by atoms with van der Waals surface area (Å²) < 4.78 is 0.133. The summed E-state index contributed by atoms with van der Waals surface area (Å²) in [4.78, 5) is 17.5. The highest BCUT2D eigenvalue weighted by Crippen LogP contribution is 2.39. The molecular formula is C14H20N2OS. The smallest absolute Gasteiger partial charge is 0.210 e. The van der Waals surface area contributed by atoms with Crippen molar-refractivity contribution in [2.75, 3.05) is 6.54 Å². The van der Waals surface area contributed by atoms with Gasteiger partial charge in [0.05, 0.1) is 6.04 Å². The molecule has 0 saturated carbocycles. The first-order valence-corrected chi connectivity index (χ1v) is 7.18. The van der Waals surface area contributed by atoms with Crippen LogP contribution < -0.4 is 0 Å². The average molecular weight is 264 g/mol. The van der Waals surface area contributed by atoms with Crippen LogP contribution in [0.15, 0.2) is 23.4 Å². The Morgan fingerprint density at radius 1 is 1.50 bits per heavy atom. The Labute approximate surface area is 113 Å². The van der Waals surface area contributed by atoms with Gasteiger partial charge in [-0.2, -0.15) is 0 Å². The van der Waals surface area contributed by atoms with Gasteiger partial charge in [-0.1, -0.05) is 26.8 Å². The van der Waals surface area contributed by atoms with Crippen molar-refractivity contribution in [3.05, 3.63) is 23.9 Å². The molecular weight excluding hydrogens is 244 g/mol. The number of carbonyl (C=O) groups excluding carboxylic acids is 1. The molecule has 1 aliphatic heterocycles. The fourth-order valence-electron chi connectivity index (χ4n) is 2.28. The van der Waals surface area contributed by atoms with Crippen LogP contribution in [0.5, 0.6) is 0 Å². The van der Waals surface area contributed by atoms with E-state index in [9.17, 15) is 4.79 Å². The molecule has 1 aliphatic rings. The fourth-order valence-corrected chi connectivity index (χ4v) is 3.30. The van der Waals surface area contributed by atoms with E-state index in [1.807, 2.05) is 17.2 Å². The minimum Gasteiger partial charge on any atom is -0.338 e. The number of amides is 1. The number of nitrogens with zero attached hydrogens (tertiary/aromatic N) is 2. The number of aromatic nitrogens is 1. The number of pyridine rings is 1. The lowest BCUT2D eigenvalue weighted by Crippen LogP contribution is -2.22. The van der Waals surface area contributed by atoms with Gasteiger partial charge in [0, 0.05) is 23.1 Å². The van der Waals surface area contributed by atoms with E-state index < -0.39 is 0 Å². The number of hydrogen-bond acceptors (Lipinski definition) is 3. The molecule has 3 nitrogen and oxygen atoms in total. The first kappa shape index (κ1) is 13.4. The van der Waals surface area contributed by atoms with Gasteiger partial charge in [0.25, 0.3) is 0 Å². The topological polar surface area (TPSA) is 33.2 Å². The van der Waals surface area contributed by atoms with Crippen LogP contribution in [0.1, 0.15) is 45.2 Å². The lowest BCUT2D eigenvalue weighted by molar-refractivity contribution is -0.118. The van der Waals surface area contributed by atoms with Crippen molar-refractivity contribution in [3.8, 4) is 0 Å². The minimum absolute atomic E-state index is 0.133. The maximum atomic E-state index is 11.1. The van der Waals surface area contributed by atoms with Crippen LogP contribution in [0.3, 0.4) is 0 Å². The average Bonchev–Trinajstić information content (AvgIpc) is 2.75. The van der Waals surface area contributed by atoms with Gasteiger partial charge >= 0.3 is 0 Å². The predicted octanol–water partition coefficient (Wildman–Crippen LogP) is 3.27. The SMILES string of the molecule is CC(C)(C)Sc1ncccc1C1CCCN1C=O. The van der Waals surface area contributed by atoms with Crippen LogP contribution in [0, 0.1) is 0 Å². The molecule has 2 rings (SSSR count). The summed E-state index contributed by atoms with van der Waals surface area (Å²) in [7, 11) is 0. The predicted molar refractivity (Wildman–Crippen MR) is 74.6 cm³/mol. The van der Waals surface area contributed by atoms with Crippen LogP contribution in [-0.2, 0) is 4.79 Å². The normalized spacial score (nSPS) is 20.2. The molecule has 98 valence electrons. The van der Waals surface area contributed by atoms with Crippen molar-refractivity contribution in [1.82, 2.24) is 9.88 Å². The number of carbonyl (C=O) groups is 1. The molecule has 1 aromatic rings. The highest BCUT2D eigenvalue weighted by Gasteiger charge is 2.28. The third-order valence-corrected chi connectivity index (χ3v) is 4.14. The summed E-state index contributed by atoms with van der Waals surface area (Å²) in [5.41, 5.74) is 1.20. The van der Waals surface area contributed by atoms with Crippen LogP contribution in [0.25, 0.3) is 0 Å². The molecule has 1 aromatic heterocycles. The summed E-state index contributed by atoms with van der Waals surface area (Å²) >= 11 is 1.77. The largest absolute Gasteiger partial charge is 0.338 e. The van der Waals surface area contributed by atoms with Crippen molar-refractivity contribution in [3.63, 3.8) is 0 Å². The molecule has 0 spiro atoms. The van der Waals surface area contributed by atoms with Crippen molar-refractivity contribution in [2.45, 2.75) is 49.4 Å². The molecule has 0 N–H and O–H groups in total. The molecule has 0 aromatic carbocycles. The van der Waals surface area contributed by atoms with Crippen molar-refractivity contribution >= 4 is 18.2 Å². The maximum absolute atomic E-state index is 11.1. The van der Waals surface area contributed by atoms with E-state index in [2.05, 4.69) is 31.8 Å². The number of hydrogen-bond donors (Lipinski definition) is 0. The second-order valence-electron chi connectivity index (χ2n) is 5.61. The fraction of sp³-hybridized carbons (Fsp3) is 0.571. The molecule has 2 heterocycles. The third-order valence-electron chi connectivity index (χ3n) is 2.99. The molecule has 0 bridgehead atoms. The van der Waals surface area contributed by atoms with Crippen molar-refractivity contribution in [1.29, 1.82) is 0 Å². The zero-order valence-corrected chi connectivity index (χ0v) is 12.0. The van der Waals surface area contributed by atoms with Crippen LogP contribution in [0.2, 0.25) is 0 Å². The van der Waals surface area contributed by atoms with Gasteiger partial charge < -0.3 is 4.90 Å². The molecule has 0 radical (unpaired) electrons. The molecule has 1 fully saturated rings. The van der Waals surface area contributed by atoms with Gasteiger partial charge in [0.1, 0.15) is 5.03 Å². The summed E-state index contributed by atoms with van der Waals surface area (Å²) in [6.45, 7) is 7.41. The van der Waals surface area contributed by atoms with Gasteiger partial charge in [-0.15, -0.1) is 11.8 Å². The lowest BCUT2D eigenvalue weighted by Gasteiger charge is -2.24. The monoisotopic (exact) mass is 264 g/mol. The zero-order chi connectivity index (χ0) is 13.2. The number of likely N-dealkylation sites (tertiary alicyclic amines) is 1. The maximum Gasteiger partial charge on any atom is 0.210 e. The first-order valence-electron chi connectivity index (χ1n) is 6.36. The van der Waals surface area contributed by atoms with Crippen molar-refractivity contribution < 1.29 is 4.79 Å². The van der Waals surface area contributed by atoms with Gasteiger partial charge in [0.2, 0.25) is 6.41 Å². The Morgan fingerprint density at radius 2 is 2.28 bits per heavy atom. The summed E-state index contributed by atoms with van der Waals surface area (Å²) in [6.07, 6.45) is 4.92. The van der Waals surface area contributed by atoms with Crippen LogP contribution in [-0.4, -0.2) is 27.6 Å². The van der Waals surface area contributed by atoms with E-state index in [-0.39, 0.29) is 10.8 Å². The van der Waals surface area contributed by atoms with E-state index in [0.29, 0.717) is 0 Å². The zero-order valence-electron chi connectivity index (χ0n) is 11.2. The van der Waals surface area contributed by atoms with E-state index >= 15 is 0 Å². The van der Waals surface area contributed by atoms with Gasteiger partial charge in [-0.05, 0) is 18.9 Å². The highest BCUT2D eigenvalue weighted by atomic mass is 32.2. The molecule has 0 aliphatic carbocycles. The molecule has 1 amide bonds. The second-order valence-corrected chi connectivity index (χ2v) is 7.43. The van der Waals surface area contributed by atoms with Crippen LogP contribution in [0.4, 0.5) is 0 Å². The van der Waals surface area contributed by atoms with E-state index in [1.54, 1.807) is 11.8 Å². The van der Waals surface area contributed by atoms with E-state index in [0.717, 1.165) is 30.8 Å². The Morgan fingerprint density at radius 3 is 2.94 bits per heavy atom. The number of thioether (sulfide) groups is 1. The standard InChI is InChI=1S/C14H20N2OS/c1-14(2,3)18-13-11(6-4-8-15-13)12-7-5-9-16(12)10-17/h4,6,8,10,12H,5,7,9H2,1-3H3. The Balaban J connectivity index is 2.29. The van der Waals surface area contributed by atoms with E-state index in [4.69, 9.17) is 0 Å². The molecule has 1 atom stereocenters. The van der Waals surface area contributed by atoms with Crippen LogP contribution >= 0.6 is 11.8 Å². The lowest BCUT2D eigenvalue weighted by atomic mass is 10.1. The highest BCUT2D eigenvalue weighted by molar-refractivity contribution is 8.00. The summed E-state index contributed by atoms with van der Waals surface area (Å²) in [5.74, 6) is 0. The molecule has 1 unspecified atom stereocenters. The summed E-state index contributed by atoms with van der Waals surface area (Å²) in [6, 6.07) is 4.28. The Hall–Kier alpha value is -1.03. The van der Waals surface area contributed by atoms with Gasteiger partial charge in [-0.3, -0.25) is 4.79 Å². The second kappa shape index (κ2) is 5.31. The molecule has 1 saturated heterocycles. The third kappa shape index (κ3) is 3.05. The minimum atomic E-state index is 0.133. The molecule has 4 heteroatoms. The van der Waals surface area contributed by atoms with Crippen molar-refractivity contribution in [2.24, 2.45) is 0 Å². The number of rotatable bonds is 3. The first-order chi connectivity index (χ1) is 8.51. The van der Waals surface area contributed by atoms with Gasteiger partial charge in [0.15, 0.2) is 0 Å². The summed E-state index contributed by atoms with van der Waals surface area (Å²) in [5, 5.41) is 1.06. The Kier molecular flexibility index (Phi) is 3.95.